The summed E-state index contributed by atoms with van der Waals surface area (Å²) in [6.07, 6.45) is 0.700. The lowest BCUT2D eigenvalue weighted by Crippen LogP contribution is -2.39. The summed E-state index contributed by atoms with van der Waals surface area (Å²) in [4.78, 5) is 10.7. The molecule has 1 atom stereocenters. The van der Waals surface area contributed by atoms with Gasteiger partial charge < -0.3 is 11.1 Å². The normalized spacial score (nSPS) is 11.5. The van der Waals surface area contributed by atoms with E-state index in [1.165, 1.54) is 0 Å². The Morgan fingerprint density at radius 1 is 1.60 bits per heavy atom. The monoisotopic (exact) mass is 166 g/mol. The van der Waals surface area contributed by atoms with E-state index in [2.05, 4.69) is 5.32 Å². The second kappa shape index (κ2) is 6.83. The molecule has 1 amide bonds. The van der Waals surface area contributed by atoms with Gasteiger partial charge in [-0.3, -0.25) is 4.79 Å². The molecule has 0 radical (unpaired) electrons. The second-order valence-corrected chi connectivity index (χ2v) is 1.91. The molecule has 0 saturated heterocycles. The first-order valence-corrected chi connectivity index (χ1v) is 3.25. The summed E-state index contributed by atoms with van der Waals surface area (Å²) in [5.41, 5.74) is 5.39. The zero-order chi connectivity index (χ0) is 7.28. The van der Waals surface area contributed by atoms with Crippen LogP contribution >= 0.6 is 12.4 Å². The lowest BCUT2D eigenvalue weighted by molar-refractivity contribution is -0.122. The Kier molecular flexibility index (Phi) is 8.48. The molecule has 0 aromatic rings. The van der Waals surface area contributed by atoms with Crippen LogP contribution in [0.5, 0.6) is 0 Å². The summed E-state index contributed by atoms with van der Waals surface area (Å²) in [7, 11) is 0. The molecular formula is C6H15ClN2O. The molecule has 62 valence electrons. The first-order chi connectivity index (χ1) is 4.22. The summed E-state index contributed by atoms with van der Waals surface area (Å²) in [6.45, 7) is 4.42. The molecule has 0 aromatic heterocycles. The Balaban J connectivity index is 0. The van der Waals surface area contributed by atoms with E-state index in [9.17, 15) is 4.79 Å². The largest absolute Gasteiger partial charge is 0.355 e. The van der Waals surface area contributed by atoms with E-state index in [0.717, 1.165) is 0 Å². The highest BCUT2D eigenvalue weighted by Gasteiger charge is 2.07. The number of nitrogens with one attached hydrogen (secondary N) is 1. The van der Waals surface area contributed by atoms with Gasteiger partial charge in [-0.1, -0.05) is 6.92 Å². The first-order valence-electron chi connectivity index (χ1n) is 3.25. The number of likely N-dealkylation sites (N-methyl/N-ethyl adjacent to an activating group) is 1. The van der Waals surface area contributed by atoms with E-state index >= 15 is 0 Å². The quantitative estimate of drug-likeness (QED) is 0.633. The van der Waals surface area contributed by atoms with Gasteiger partial charge in [0.15, 0.2) is 0 Å². The van der Waals surface area contributed by atoms with E-state index in [-0.39, 0.29) is 24.4 Å². The predicted octanol–water partition coefficient (Wildman–Crippen LogP) is 0.282. The van der Waals surface area contributed by atoms with Crippen molar-refractivity contribution in [1.29, 1.82) is 0 Å². The highest BCUT2D eigenvalue weighted by molar-refractivity contribution is 5.85. The molecule has 0 heterocycles. The Labute approximate surface area is 67.8 Å². The van der Waals surface area contributed by atoms with Gasteiger partial charge in [-0.25, -0.2) is 0 Å². The van der Waals surface area contributed by atoms with E-state index in [1.807, 2.05) is 13.8 Å². The molecule has 10 heavy (non-hydrogen) atoms. The van der Waals surface area contributed by atoms with Gasteiger partial charge in [0.05, 0.1) is 6.04 Å². The Hall–Kier alpha value is -0.280. The molecule has 0 spiro atoms. The standard InChI is InChI=1S/C6H14N2O.ClH/c1-3-5(7)6(9)8-4-2;/h5H,3-4,7H2,1-2H3,(H,8,9);1H/t5-;/m0./s1. The third-order valence-corrected chi connectivity index (χ3v) is 1.13. The van der Waals surface area contributed by atoms with Gasteiger partial charge in [0.1, 0.15) is 0 Å². The fraction of sp³-hybridized carbons (Fsp3) is 0.833. The molecule has 4 heteroatoms. The summed E-state index contributed by atoms with van der Waals surface area (Å²) in [5, 5.41) is 2.63. The maximum Gasteiger partial charge on any atom is 0.236 e. The summed E-state index contributed by atoms with van der Waals surface area (Å²) in [6, 6.07) is -0.329. The molecule has 3 nitrogen and oxygen atoms in total. The molecule has 0 unspecified atom stereocenters. The van der Waals surface area contributed by atoms with Crippen molar-refractivity contribution in [3.05, 3.63) is 0 Å². The summed E-state index contributed by atoms with van der Waals surface area (Å²) < 4.78 is 0. The average molecular weight is 167 g/mol. The third kappa shape index (κ3) is 4.58. The fourth-order valence-corrected chi connectivity index (χ4v) is 0.491. The minimum Gasteiger partial charge on any atom is -0.355 e. The van der Waals surface area contributed by atoms with Crippen molar-refractivity contribution in [2.45, 2.75) is 26.3 Å². The van der Waals surface area contributed by atoms with Crippen LogP contribution in [0, 0.1) is 0 Å². The van der Waals surface area contributed by atoms with Crippen molar-refractivity contribution in [3.8, 4) is 0 Å². The van der Waals surface area contributed by atoms with Crippen molar-refractivity contribution in [3.63, 3.8) is 0 Å². The molecule has 0 aliphatic heterocycles. The molecule has 0 aromatic carbocycles. The second-order valence-electron chi connectivity index (χ2n) is 1.91. The molecule has 0 fully saturated rings. The maximum atomic E-state index is 10.7. The molecule has 0 aliphatic rings. The number of carbonyl (C=O) groups is 1. The van der Waals surface area contributed by atoms with Crippen LogP contribution in [0.1, 0.15) is 20.3 Å². The Morgan fingerprint density at radius 3 is 2.40 bits per heavy atom. The minimum atomic E-state index is -0.329. The van der Waals surface area contributed by atoms with E-state index in [0.29, 0.717) is 13.0 Å². The zero-order valence-corrected chi connectivity index (χ0v) is 7.20. The third-order valence-electron chi connectivity index (χ3n) is 1.13. The average Bonchev–Trinajstić information content (AvgIpc) is 1.87. The predicted molar refractivity (Wildman–Crippen MR) is 44.2 cm³/mol. The number of hydrogen-bond donors (Lipinski definition) is 2. The summed E-state index contributed by atoms with van der Waals surface area (Å²) >= 11 is 0. The van der Waals surface area contributed by atoms with Gasteiger partial charge in [0, 0.05) is 6.54 Å². The number of nitrogens with two attached hydrogens (primary N) is 1. The van der Waals surface area contributed by atoms with Crippen LogP contribution in [0.3, 0.4) is 0 Å². The zero-order valence-electron chi connectivity index (χ0n) is 6.39. The van der Waals surface area contributed by atoms with Crippen LogP contribution in [0.25, 0.3) is 0 Å². The molecule has 0 saturated carbocycles. The van der Waals surface area contributed by atoms with Crippen LogP contribution in [0.4, 0.5) is 0 Å². The molecule has 3 N–H and O–H groups in total. The summed E-state index contributed by atoms with van der Waals surface area (Å²) in [5.74, 6) is -0.0556. The van der Waals surface area contributed by atoms with Crippen LogP contribution in [-0.4, -0.2) is 18.5 Å². The van der Waals surface area contributed by atoms with Crippen LogP contribution in [0.2, 0.25) is 0 Å². The van der Waals surface area contributed by atoms with Crippen molar-refractivity contribution in [2.75, 3.05) is 6.54 Å². The number of amides is 1. The van der Waals surface area contributed by atoms with Crippen molar-refractivity contribution < 1.29 is 4.79 Å². The van der Waals surface area contributed by atoms with E-state index in [1.54, 1.807) is 0 Å². The molecule has 0 aliphatic carbocycles. The van der Waals surface area contributed by atoms with Gasteiger partial charge in [0.25, 0.3) is 0 Å². The number of halogens is 1. The Morgan fingerprint density at radius 2 is 2.10 bits per heavy atom. The number of hydrogen-bond acceptors (Lipinski definition) is 2. The van der Waals surface area contributed by atoms with Crippen LogP contribution in [0.15, 0.2) is 0 Å². The highest BCUT2D eigenvalue weighted by atomic mass is 35.5. The molecule has 0 rings (SSSR count). The van der Waals surface area contributed by atoms with Crippen molar-refractivity contribution >= 4 is 18.3 Å². The molecule has 0 bridgehead atoms. The smallest absolute Gasteiger partial charge is 0.236 e. The Bertz CT molecular complexity index is 97.7. The number of rotatable bonds is 3. The van der Waals surface area contributed by atoms with Gasteiger partial charge in [-0.15, -0.1) is 12.4 Å². The van der Waals surface area contributed by atoms with Crippen LogP contribution in [-0.2, 0) is 4.79 Å². The van der Waals surface area contributed by atoms with Gasteiger partial charge in [-0.05, 0) is 13.3 Å². The van der Waals surface area contributed by atoms with Crippen LogP contribution < -0.4 is 11.1 Å². The maximum absolute atomic E-state index is 10.7. The van der Waals surface area contributed by atoms with Gasteiger partial charge >= 0.3 is 0 Å². The highest BCUT2D eigenvalue weighted by Crippen LogP contribution is 1.83. The van der Waals surface area contributed by atoms with Crippen molar-refractivity contribution in [2.24, 2.45) is 5.73 Å². The lowest BCUT2D eigenvalue weighted by Gasteiger charge is -2.06. The SMILES string of the molecule is CCNC(=O)[C@@H](N)CC.Cl. The van der Waals surface area contributed by atoms with E-state index in [4.69, 9.17) is 5.73 Å². The lowest BCUT2D eigenvalue weighted by atomic mass is 10.2. The molecular weight excluding hydrogens is 152 g/mol. The minimum absolute atomic E-state index is 0. The van der Waals surface area contributed by atoms with Gasteiger partial charge in [0.2, 0.25) is 5.91 Å². The van der Waals surface area contributed by atoms with Crippen molar-refractivity contribution in [1.82, 2.24) is 5.32 Å². The fourth-order valence-electron chi connectivity index (χ4n) is 0.491. The topological polar surface area (TPSA) is 55.1 Å². The number of carbonyl (C=O) groups excluding carboxylic acids is 1. The van der Waals surface area contributed by atoms with E-state index < -0.39 is 0 Å². The first kappa shape index (κ1) is 12.4. The van der Waals surface area contributed by atoms with Gasteiger partial charge in [-0.2, -0.15) is 0 Å².